The Labute approximate surface area is 183 Å². The minimum Gasteiger partial charge on any atom is -0.311 e. The first-order valence-electron chi connectivity index (χ1n) is 10.6. The molecule has 0 radical (unpaired) electrons. The highest BCUT2D eigenvalue weighted by atomic mass is 32.2. The third-order valence-corrected chi connectivity index (χ3v) is 7.92. The number of rotatable bonds is 4. The summed E-state index contributed by atoms with van der Waals surface area (Å²) in [4.78, 5) is 12.4. The molecule has 2 aliphatic carbocycles. The number of aryl methyl sites for hydroxylation is 2. The predicted octanol–water partition coefficient (Wildman–Crippen LogP) is 4.19. The number of benzene rings is 2. The Morgan fingerprint density at radius 2 is 1.71 bits per heavy atom. The fourth-order valence-electron chi connectivity index (χ4n) is 4.54. The fraction of sp³-hybridized carbons (Fsp3) is 0.435. The summed E-state index contributed by atoms with van der Waals surface area (Å²) in [6.45, 7) is 3.80. The highest BCUT2D eigenvalue weighted by Gasteiger charge is 2.26. The van der Waals surface area contributed by atoms with Gasteiger partial charge in [0.2, 0.25) is 0 Å². The van der Waals surface area contributed by atoms with E-state index in [2.05, 4.69) is 21.1 Å². The molecule has 0 unspecified atom stereocenters. The number of hydrogen-bond donors (Lipinski definition) is 3. The molecule has 6 nitrogen and oxygen atoms in total. The Kier molecular flexibility index (Phi) is 5.66. The lowest BCUT2D eigenvalue weighted by molar-refractivity contribution is 0.260. The van der Waals surface area contributed by atoms with Gasteiger partial charge in [-0.15, -0.1) is 4.36 Å². The molecule has 0 fully saturated rings. The van der Waals surface area contributed by atoms with Gasteiger partial charge in [0.05, 0.1) is 4.90 Å². The summed E-state index contributed by atoms with van der Waals surface area (Å²) >= 11 is 0. The number of amides is 2. The second-order valence-corrected chi connectivity index (χ2v) is 10.6. The summed E-state index contributed by atoms with van der Waals surface area (Å²) in [5, 5.41) is 11.8. The Morgan fingerprint density at radius 3 is 2.26 bits per heavy atom. The fourth-order valence-corrected chi connectivity index (χ4v) is 5.53. The maximum Gasteiger partial charge on any atom is 0.354 e. The molecule has 4 N–H and O–H groups in total. The van der Waals surface area contributed by atoms with Gasteiger partial charge in [0.25, 0.3) is 0 Å². The third kappa shape index (κ3) is 4.12. The number of carbonyl (C=O) groups excluding carboxylic acids is 1. The number of nitrogens with one attached hydrogen (secondary N) is 2. The van der Waals surface area contributed by atoms with Gasteiger partial charge < -0.3 is 10.6 Å². The molecule has 8 heteroatoms. The minimum absolute atomic E-state index is 0.276. The number of carbonyl (C=O) groups is 1. The molecule has 0 bridgehead atoms. The number of nitrogens with two attached hydrogens (primary N) is 1. The van der Waals surface area contributed by atoms with Crippen LogP contribution in [0.15, 0.2) is 33.5 Å². The third-order valence-electron chi connectivity index (χ3n) is 6.52. The van der Waals surface area contributed by atoms with E-state index >= 15 is 0 Å². The number of nitrogens with zero attached hydrogens (tertiary/aromatic N) is 1. The molecule has 0 saturated carbocycles. The van der Waals surface area contributed by atoms with Crippen LogP contribution in [-0.4, -0.2) is 17.3 Å². The molecule has 0 heterocycles. The average Bonchev–Trinajstić information content (AvgIpc) is 3.36. The molecule has 2 aromatic rings. The lowest BCUT2D eigenvalue weighted by atomic mass is 9.95. The molecule has 0 aliphatic heterocycles. The van der Waals surface area contributed by atoms with Gasteiger partial charge in [0.15, 0.2) is 0 Å². The van der Waals surface area contributed by atoms with Crippen LogP contribution in [0.2, 0.25) is 0 Å². The molecular weight excluding hydrogens is 415 g/mol. The first-order valence-corrected chi connectivity index (χ1v) is 12.2. The van der Waals surface area contributed by atoms with E-state index in [0.717, 1.165) is 55.3 Å². The van der Waals surface area contributed by atoms with Gasteiger partial charge in [0, 0.05) is 11.2 Å². The number of urea groups is 1. The van der Waals surface area contributed by atoms with Gasteiger partial charge in [-0.25, -0.2) is 18.5 Å². The Morgan fingerprint density at radius 1 is 1.10 bits per heavy atom. The monoisotopic (exact) mass is 444 g/mol. The van der Waals surface area contributed by atoms with Crippen LogP contribution in [0.25, 0.3) is 0 Å². The van der Waals surface area contributed by atoms with Crippen LogP contribution in [0.3, 0.4) is 0 Å². The van der Waals surface area contributed by atoms with Crippen molar-refractivity contribution in [3.8, 4) is 0 Å². The maximum atomic E-state index is 14.8. The van der Waals surface area contributed by atoms with Crippen molar-refractivity contribution in [1.29, 1.82) is 0 Å². The van der Waals surface area contributed by atoms with E-state index in [0.29, 0.717) is 5.56 Å². The van der Waals surface area contributed by atoms with Crippen molar-refractivity contribution in [2.45, 2.75) is 62.8 Å². The summed E-state index contributed by atoms with van der Waals surface area (Å²) < 4.78 is 31.5. The number of fused-ring (bicyclic) bond motifs is 2. The van der Waals surface area contributed by atoms with Gasteiger partial charge in [0.1, 0.15) is 15.7 Å². The van der Waals surface area contributed by atoms with Crippen molar-refractivity contribution < 1.29 is 13.4 Å². The second-order valence-electron chi connectivity index (χ2n) is 8.84. The zero-order chi connectivity index (χ0) is 22.4. The van der Waals surface area contributed by atoms with Gasteiger partial charge in [-0.3, -0.25) is 0 Å². The number of anilines is 1. The molecule has 0 spiro atoms. The largest absolute Gasteiger partial charge is 0.354 e. The van der Waals surface area contributed by atoms with E-state index in [1.165, 1.54) is 23.3 Å². The van der Waals surface area contributed by atoms with E-state index in [9.17, 15) is 13.4 Å². The predicted molar refractivity (Wildman–Crippen MR) is 121 cm³/mol. The molecular formula is C23H29FN4O2S. The van der Waals surface area contributed by atoms with Gasteiger partial charge >= 0.3 is 6.03 Å². The van der Waals surface area contributed by atoms with Gasteiger partial charge in [-0.05, 0) is 99.4 Å². The summed E-state index contributed by atoms with van der Waals surface area (Å²) in [7, 11) is -1.97. The van der Waals surface area contributed by atoms with E-state index in [1.807, 2.05) is 13.8 Å². The maximum absolute atomic E-state index is 14.8. The van der Waals surface area contributed by atoms with Crippen molar-refractivity contribution in [3.05, 3.63) is 57.9 Å². The summed E-state index contributed by atoms with van der Waals surface area (Å²) in [5.41, 5.74) is 5.79. The Balaban J connectivity index is 1.66. The molecule has 166 valence electrons. The molecule has 1 atom stereocenters. The van der Waals surface area contributed by atoms with Crippen LogP contribution in [0.1, 0.15) is 54.5 Å². The highest BCUT2D eigenvalue weighted by Crippen LogP contribution is 2.38. The lowest BCUT2D eigenvalue weighted by Gasteiger charge is -2.25. The van der Waals surface area contributed by atoms with Crippen LogP contribution in [0, 0.1) is 5.82 Å². The van der Waals surface area contributed by atoms with Crippen LogP contribution < -0.4 is 15.8 Å². The lowest BCUT2D eigenvalue weighted by Crippen LogP contribution is -2.33. The average molecular weight is 445 g/mol. The van der Waals surface area contributed by atoms with Crippen LogP contribution in [-0.2, 0) is 41.1 Å². The first-order chi connectivity index (χ1) is 14.6. The van der Waals surface area contributed by atoms with Crippen LogP contribution in [0.4, 0.5) is 14.9 Å². The van der Waals surface area contributed by atoms with E-state index in [-0.39, 0.29) is 4.90 Å². The van der Waals surface area contributed by atoms with Gasteiger partial charge in [-0.2, -0.15) is 0 Å². The quantitative estimate of drug-likeness (QED) is 0.660. The van der Waals surface area contributed by atoms with E-state index in [4.69, 9.17) is 5.14 Å². The molecule has 0 aromatic heterocycles. The van der Waals surface area contributed by atoms with Crippen molar-refractivity contribution in [3.63, 3.8) is 0 Å². The zero-order valence-corrected chi connectivity index (χ0v) is 19.0. The van der Waals surface area contributed by atoms with Crippen molar-refractivity contribution in [1.82, 2.24) is 5.32 Å². The Hall–Kier alpha value is -2.29. The van der Waals surface area contributed by atoms with Crippen molar-refractivity contribution >= 4 is 21.6 Å². The van der Waals surface area contributed by atoms with E-state index < -0.39 is 27.3 Å². The molecule has 2 aromatic carbocycles. The standard InChI is InChI=1S/C23H29FN4O2S/c1-23(2,26-3)16-10-11-20(19(24)13-16)31(25,30)28-22(29)27-21-17-8-4-6-14(17)12-15-7-5-9-18(15)21/h10-13,26H,4-9H2,1-3H3,(H3,25,27,28,29,30)/t31-/m0/s1. The summed E-state index contributed by atoms with van der Waals surface area (Å²) in [6.07, 6.45) is 5.88. The summed E-state index contributed by atoms with van der Waals surface area (Å²) in [5.74, 6) is -0.744. The molecule has 2 amide bonds. The smallest absolute Gasteiger partial charge is 0.311 e. The first kappa shape index (κ1) is 21.9. The topological polar surface area (TPSA) is 96.6 Å². The molecule has 4 rings (SSSR count). The van der Waals surface area contributed by atoms with Crippen molar-refractivity contribution in [2.24, 2.45) is 9.50 Å². The SMILES string of the molecule is CNC(C)(C)c1ccc([S@@](N)(=O)=NC(=O)Nc2c3c(cc4c2CCC4)CCC3)c(F)c1. The van der Waals surface area contributed by atoms with Crippen LogP contribution >= 0.6 is 0 Å². The van der Waals surface area contributed by atoms with Crippen molar-refractivity contribution in [2.75, 3.05) is 12.4 Å². The zero-order valence-electron chi connectivity index (χ0n) is 18.2. The highest BCUT2D eigenvalue weighted by molar-refractivity contribution is 7.91. The normalized spacial score (nSPS) is 17.1. The minimum atomic E-state index is -3.74. The number of hydrogen-bond acceptors (Lipinski definition) is 3. The van der Waals surface area contributed by atoms with Crippen LogP contribution in [0.5, 0.6) is 0 Å². The number of halogens is 1. The van der Waals surface area contributed by atoms with E-state index in [1.54, 1.807) is 13.1 Å². The molecule has 2 aliphatic rings. The summed E-state index contributed by atoms with van der Waals surface area (Å²) in [6, 6.07) is 5.73. The molecule has 0 saturated heterocycles. The second kappa shape index (κ2) is 8.00. The molecule has 31 heavy (non-hydrogen) atoms. The Bertz CT molecular complexity index is 1150. The van der Waals surface area contributed by atoms with Gasteiger partial charge in [-0.1, -0.05) is 12.1 Å².